The number of nitrogens with one attached hydrogen (secondary N) is 1. The maximum absolute atomic E-state index is 10.9. The molecule has 0 bridgehead atoms. The van der Waals surface area contributed by atoms with Crippen molar-refractivity contribution >= 4 is 12.1 Å². The number of hydroxylamine groups is 1. The van der Waals surface area contributed by atoms with Crippen LogP contribution in [0.3, 0.4) is 0 Å². The van der Waals surface area contributed by atoms with Crippen LogP contribution in [0.15, 0.2) is 0 Å². The first-order chi connectivity index (χ1) is 12.7. The molecule has 0 radical (unpaired) electrons. The predicted molar refractivity (Wildman–Crippen MR) is 101 cm³/mol. The summed E-state index contributed by atoms with van der Waals surface area (Å²) in [7, 11) is 0. The van der Waals surface area contributed by atoms with Crippen LogP contribution in [0.4, 0.5) is 4.79 Å². The molecule has 0 heterocycles. The molecular formula is C20H38N2O5. The van der Waals surface area contributed by atoms with E-state index >= 15 is 0 Å². The van der Waals surface area contributed by atoms with Gasteiger partial charge < -0.3 is 20.0 Å². The van der Waals surface area contributed by atoms with Crippen LogP contribution >= 0.6 is 0 Å². The summed E-state index contributed by atoms with van der Waals surface area (Å²) in [4.78, 5) is 25.5. The van der Waals surface area contributed by atoms with Gasteiger partial charge in [-0.05, 0) is 79.1 Å². The largest absolute Gasteiger partial charge is 0.547 e. The second kappa shape index (κ2) is 12.2. The Labute approximate surface area is 163 Å². The highest BCUT2D eigenvalue weighted by Gasteiger charge is 2.22. The van der Waals surface area contributed by atoms with E-state index in [1.54, 1.807) is 20.8 Å². The quantitative estimate of drug-likeness (QED) is 0.701. The maximum Gasteiger partial charge on any atom is 0.431 e. The minimum atomic E-state index is -1.42. The number of quaternary nitrogens is 1. The summed E-state index contributed by atoms with van der Waals surface area (Å²) in [6, 6.07) is 1.99. The van der Waals surface area contributed by atoms with Crippen LogP contribution in [0.2, 0.25) is 0 Å². The third-order valence-electron chi connectivity index (χ3n) is 4.89. The number of hydrogen-bond donors (Lipinski definition) is 2. The molecule has 0 aromatic carbocycles. The van der Waals surface area contributed by atoms with Gasteiger partial charge in [0.25, 0.3) is 0 Å². The molecule has 2 fully saturated rings. The molecule has 1 atom stereocenters. The second-order valence-corrected chi connectivity index (χ2v) is 8.67. The van der Waals surface area contributed by atoms with Gasteiger partial charge in [-0.3, -0.25) is 4.84 Å². The fourth-order valence-corrected chi connectivity index (χ4v) is 3.52. The van der Waals surface area contributed by atoms with Crippen molar-refractivity contribution in [2.24, 2.45) is 0 Å². The molecule has 0 aromatic rings. The molecule has 2 aliphatic rings. The number of hydrogen-bond acceptors (Lipinski definition) is 5. The average molecular weight is 387 g/mol. The Balaban J connectivity index is 0.000000270. The van der Waals surface area contributed by atoms with Gasteiger partial charge in [-0.25, -0.2) is 4.79 Å². The molecule has 2 saturated carbocycles. The molecule has 0 aromatic heterocycles. The Hall–Kier alpha value is -1.34. The molecule has 2 aliphatic carbocycles. The molecule has 3 N–H and O–H groups in total. The van der Waals surface area contributed by atoms with Crippen molar-refractivity contribution < 1.29 is 29.6 Å². The summed E-state index contributed by atoms with van der Waals surface area (Å²) >= 11 is 0. The normalized spacial score (nSPS) is 20.1. The topological polar surface area (TPSA) is 104 Å². The lowest BCUT2D eigenvalue weighted by Gasteiger charge is -2.27. The van der Waals surface area contributed by atoms with Gasteiger partial charge in [0.2, 0.25) is 0 Å². The standard InChI is InChI=1S/C12H23N.C8H15NO5/c1-3-7-11(8-4-1)13-12-9-5-2-6-10-12;1-5(6(10)11)14-9-7(12)13-8(2,3)4/h11-13H,1-10H2;5H,1-4H3,(H,9,12)(H,10,11). The van der Waals surface area contributed by atoms with Gasteiger partial charge in [0, 0.05) is 0 Å². The van der Waals surface area contributed by atoms with Crippen LogP contribution in [-0.2, 0) is 14.4 Å². The van der Waals surface area contributed by atoms with Gasteiger partial charge in [0.1, 0.15) is 11.7 Å². The lowest BCUT2D eigenvalue weighted by Crippen LogP contribution is -2.95. The first kappa shape index (κ1) is 23.7. The molecule has 0 aliphatic heterocycles. The zero-order chi connectivity index (χ0) is 20.3. The van der Waals surface area contributed by atoms with E-state index in [2.05, 4.69) is 10.2 Å². The van der Waals surface area contributed by atoms with Gasteiger partial charge in [-0.1, -0.05) is 12.8 Å². The fourth-order valence-electron chi connectivity index (χ4n) is 3.52. The Morgan fingerprint density at radius 2 is 1.41 bits per heavy atom. The molecule has 1 unspecified atom stereocenters. The van der Waals surface area contributed by atoms with Crippen LogP contribution in [0.25, 0.3) is 0 Å². The zero-order valence-corrected chi connectivity index (χ0v) is 17.4. The molecule has 27 heavy (non-hydrogen) atoms. The molecule has 158 valence electrons. The molecule has 7 heteroatoms. The highest BCUT2D eigenvalue weighted by Crippen LogP contribution is 2.18. The minimum Gasteiger partial charge on any atom is -0.547 e. The third kappa shape index (κ3) is 11.9. The molecule has 7 nitrogen and oxygen atoms in total. The van der Waals surface area contributed by atoms with Crippen molar-refractivity contribution in [3.8, 4) is 0 Å². The fraction of sp³-hybridized carbons (Fsp3) is 0.900. The van der Waals surface area contributed by atoms with Crippen molar-refractivity contribution in [2.45, 2.75) is 116 Å². The summed E-state index contributed by atoms with van der Waals surface area (Å²) in [5.41, 5.74) is 1.18. The number of aliphatic carboxylic acids is 1. The maximum atomic E-state index is 10.9. The smallest absolute Gasteiger partial charge is 0.431 e. The predicted octanol–water partition coefficient (Wildman–Crippen LogP) is 1.80. The summed E-state index contributed by atoms with van der Waals surface area (Å²) in [6.07, 6.45) is 12.9. The monoisotopic (exact) mass is 386 g/mol. The summed E-state index contributed by atoms with van der Waals surface area (Å²) < 4.78 is 4.78. The Bertz CT molecular complexity index is 422. The number of carbonyl (C=O) groups is 2. The average Bonchev–Trinajstić information content (AvgIpc) is 2.60. The van der Waals surface area contributed by atoms with Crippen LogP contribution in [0.5, 0.6) is 0 Å². The van der Waals surface area contributed by atoms with Gasteiger partial charge in [-0.2, -0.15) is 5.48 Å². The van der Waals surface area contributed by atoms with Crippen LogP contribution < -0.4 is 15.9 Å². The molecule has 2 rings (SSSR count). The highest BCUT2D eigenvalue weighted by atomic mass is 16.7. The van der Waals surface area contributed by atoms with E-state index in [0.29, 0.717) is 0 Å². The minimum absolute atomic E-state index is 0.655. The number of carboxylic acids is 1. The first-order valence-electron chi connectivity index (χ1n) is 10.4. The second-order valence-electron chi connectivity index (χ2n) is 8.67. The molecule has 1 amide bonds. The number of nitrogens with two attached hydrogens (primary N) is 1. The van der Waals surface area contributed by atoms with Crippen molar-refractivity contribution in [3.05, 3.63) is 0 Å². The van der Waals surface area contributed by atoms with Crippen LogP contribution in [-0.4, -0.2) is 35.9 Å². The number of rotatable bonds is 5. The zero-order valence-electron chi connectivity index (χ0n) is 17.4. The van der Waals surface area contributed by atoms with Crippen LogP contribution in [0, 0.1) is 0 Å². The summed E-state index contributed by atoms with van der Waals surface area (Å²) in [5, 5.41) is 12.9. The Morgan fingerprint density at radius 3 is 1.78 bits per heavy atom. The van der Waals surface area contributed by atoms with E-state index < -0.39 is 23.8 Å². The number of amides is 1. The Morgan fingerprint density at radius 1 is 0.963 bits per heavy atom. The van der Waals surface area contributed by atoms with Crippen molar-refractivity contribution in [2.75, 3.05) is 0 Å². The molecule has 0 spiro atoms. The Kier molecular flexibility index (Phi) is 10.7. The van der Waals surface area contributed by atoms with E-state index in [-0.39, 0.29) is 0 Å². The first-order valence-corrected chi connectivity index (χ1v) is 10.4. The van der Waals surface area contributed by atoms with Crippen molar-refractivity contribution in [1.82, 2.24) is 5.48 Å². The van der Waals surface area contributed by atoms with E-state index in [0.717, 1.165) is 12.1 Å². The van der Waals surface area contributed by atoms with Gasteiger partial charge in [0.15, 0.2) is 0 Å². The lowest BCUT2D eigenvalue weighted by atomic mass is 9.91. The summed E-state index contributed by atoms with van der Waals surface area (Å²) in [6.45, 7) is 6.25. The lowest BCUT2D eigenvalue weighted by molar-refractivity contribution is -0.725. The van der Waals surface area contributed by atoms with Crippen LogP contribution in [0.1, 0.15) is 91.9 Å². The van der Waals surface area contributed by atoms with Gasteiger partial charge in [0.05, 0.1) is 18.1 Å². The molecular weight excluding hydrogens is 348 g/mol. The van der Waals surface area contributed by atoms with Gasteiger partial charge >= 0.3 is 6.09 Å². The summed E-state index contributed by atoms with van der Waals surface area (Å²) in [5.74, 6) is -1.42. The number of carboxylic acid groups (broad SMARTS) is 1. The van der Waals surface area contributed by atoms with E-state index in [9.17, 15) is 14.7 Å². The SMILES string of the molecule is C1CCC([NH2+]C2CCCCC2)CC1.CC(ONC(=O)OC(C)(C)C)C(=O)[O-]. The van der Waals surface area contributed by atoms with Crippen molar-refractivity contribution in [3.63, 3.8) is 0 Å². The van der Waals surface area contributed by atoms with E-state index in [4.69, 9.17) is 4.74 Å². The third-order valence-corrected chi connectivity index (χ3v) is 4.89. The van der Waals surface area contributed by atoms with Crippen molar-refractivity contribution in [1.29, 1.82) is 0 Å². The number of carbonyl (C=O) groups excluding carboxylic acids is 2. The highest BCUT2D eigenvalue weighted by molar-refractivity contribution is 5.70. The van der Waals surface area contributed by atoms with E-state index in [1.165, 1.54) is 71.1 Å². The van der Waals surface area contributed by atoms with E-state index in [1.807, 2.05) is 5.48 Å². The van der Waals surface area contributed by atoms with Gasteiger partial charge in [-0.15, -0.1) is 0 Å². The number of ether oxygens (including phenoxy) is 1. The molecule has 0 saturated heterocycles.